The molecule has 0 heteroatoms. The summed E-state index contributed by atoms with van der Waals surface area (Å²) in [5.41, 5.74) is 3.52. The van der Waals surface area contributed by atoms with E-state index < -0.39 is 0 Å². The molecule has 5 aliphatic rings. The summed E-state index contributed by atoms with van der Waals surface area (Å²) in [5.74, 6) is 6.47. The zero-order valence-corrected chi connectivity index (χ0v) is 23.1. The monoisotopic (exact) mass is 468 g/mol. The van der Waals surface area contributed by atoms with Crippen LogP contribution in [0.5, 0.6) is 0 Å². The summed E-state index contributed by atoms with van der Waals surface area (Å²) >= 11 is 0. The zero-order chi connectivity index (χ0) is 25.0. The van der Waals surface area contributed by atoms with Crippen LogP contribution >= 0.6 is 0 Å². The van der Waals surface area contributed by atoms with E-state index in [-0.39, 0.29) is 10.8 Å². The average molecular weight is 469 g/mol. The van der Waals surface area contributed by atoms with Gasteiger partial charge in [-0.3, -0.25) is 0 Å². The highest BCUT2D eigenvalue weighted by Gasteiger charge is 2.49. The van der Waals surface area contributed by atoms with Crippen molar-refractivity contribution in [3.63, 3.8) is 0 Å². The second kappa shape index (κ2) is 9.24. The number of hydrogen-bond donors (Lipinski definition) is 0. The first-order valence-electron chi connectivity index (χ1n) is 14.3. The molecular weight excluding hydrogens is 420 g/mol. The van der Waals surface area contributed by atoms with E-state index in [9.17, 15) is 0 Å². The molecule has 2 saturated carbocycles. The van der Waals surface area contributed by atoms with Crippen LogP contribution in [-0.4, -0.2) is 0 Å². The predicted molar refractivity (Wildman–Crippen MR) is 152 cm³/mol. The summed E-state index contributed by atoms with van der Waals surface area (Å²) in [6.07, 6.45) is 32.5. The lowest BCUT2D eigenvalue weighted by Gasteiger charge is -2.32. The van der Waals surface area contributed by atoms with Gasteiger partial charge in [-0.1, -0.05) is 108 Å². The van der Waals surface area contributed by atoms with Gasteiger partial charge in [0.2, 0.25) is 0 Å². The minimum absolute atomic E-state index is 0.220. The van der Waals surface area contributed by atoms with Crippen molar-refractivity contribution in [1.82, 2.24) is 0 Å². The third-order valence-corrected chi connectivity index (χ3v) is 10.1. The Kier molecular flexibility index (Phi) is 6.56. The molecule has 0 radical (unpaired) electrons. The second-order valence-corrected chi connectivity index (χ2v) is 14.2. The van der Waals surface area contributed by atoms with Crippen LogP contribution in [0.3, 0.4) is 0 Å². The summed E-state index contributed by atoms with van der Waals surface area (Å²) in [4.78, 5) is 0. The largest absolute Gasteiger partial charge is 0.103 e. The summed E-state index contributed by atoms with van der Waals surface area (Å²) in [5, 5.41) is 0. The van der Waals surface area contributed by atoms with Gasteiger partial charge in [-0.25, -0.2) is 0 Å². The lowest BCUT2D eigenvalue weighted by atomic mass is 9.73. The highest BCUT2D eigenvalue weighted by molar-refractivity contribution is 5.38. The Morgan fingerprint density at radius 1 is 0.686 bits per heavy atom. The molecule has 8 unspecified atom stereocenters. The molecule has 2 fully saturated rings. The quantitative estimate of drug-likeness (QED) is 0.352. The normalized spacial score (nSPS) is 39.7. The van der Waals surface area contributed by atoms with Gasteiger partial charge in [-0.2, -0.15) is 0 Å². The molecule has 0 heterocycles. The zero-order valence-electron chi connectivity index (χ0n) is 23.1. The molecule has 5 rings (SSSR count). The third kappa shape index (κ3) is 4.68. The van der Waals surface area contributed by atoms with Gasteiger partial charge in [0.15, 0.2) is 0 Å². The van der Waals surface area contributed by atoms with Crippen molar-refractivity contribution in [2.24, 2.45) is 64.1 Å². The first kappa shape index (κ1) is 24.9. The van der Waals surface area contributed by atoms with Crippen LogP contribution in [0, 0.1) is 64.1 Å². The maximum absolute atomic E-state index is 4.07. The maximum atomic E-state index is 4.07. The van der Waals surface area contributed by atoms with Gasteiger partial charge >= 0.3 is 0 Å². The molecule has 188 valence electrons. The SMILES string of the molecule is C=CCC1CC(CCC2C3C=C(C(C)(C)C)C=CC3C3C=CC(C(C)(C)C)=CC32)C2C=CC=CC12. The summed E-state index contributed by atoms with van der Waals surface area (Å²) < 4.78 is 0. The molecule has 0 bridgehead atoms. The Balaban J connectivity index is 1.42. The first-order chi connectivity index (χ1) is 16.6. The molecular formula is C35H48. The van der Waals surface area contributed by atoms with Crippen LogP contribution in [0.25, 0.3) is 0 Å². The smallest absolute Gasteiger partial charge is 0.00954 e. The van der Waals surface area contributed by atoms with Gasteiger partial charge in [0.1, 0.15) is 0 Å². The van der Waals surface area contributed by atoms with E-state index in [2.05, 4.69) is 115 Å². The van der Waals surface area contributed by atoms with E-state index in [1.165, 1.54) is 25.7 Å². The van der Waals surface area contributed by atoms with Gasteiger partial charge < -0.3 is 0 Å². The summed E-state index contributed by atoms with van der Waals surface area (Å²) in [7, 11) is 0. The van der Waals surface area contributed by atoms with Crippen molar-refractivity contribution in [2.75, 3.05) is 0 Å². The standard InChI is InChI=1S/C35H48/c1-8-11-23-20-24(28-13-10-9-12-27(23)28)14-17-31-32-21-25(34(2,3)4)15-18-29(32)30-19-16-26(22-33(30)31)35(5,6)7/h8-10,12-13,15-16,18-19,21-24,27-33H,1,11,14,17,20H2,2-7H3. The average Bonchev–Trinajstić information content (AvgIpc) is 3.31. The Morgan fingerprint density at radius 2 is 1.20 bits per heavy atom. The number of fused-ring (bicyclic) bond motifs is 4. The lowest BCUT2D eigenvalue weighted by molar-refractivity contribution is 0.287. The Morgan fingerprint density at radius 3 is 1.69 bits per heavy atom. The van der Waals surface area contributed by atoms with Gasteiger partial charge in [0.25, 0.3) is 0 Å². The van der Waals surface area contributed by atoms with Crippen molar-refractivity contribution in [1.29, 1.82) is 0 Å². The maximum Gasteiger partial charge on any atom is -0.00954 e. The van der Waals surface area contributed by atoms with E-state index in [1.54, 1.807) is 11.1 Å². The van der Waals surface area contributed by atoms with Crippen LogP contribution in [0.2, 0.25) is 0 Å². The van der Waals surface area contributed by atoms with E-state index in [0.29, 0.717) is 23.7 Å². The van der Waals surface area contributed by atoms with Crippen LogP contribution in [0.1, 0.15) is 67.2 Å². The third-order valence-electron chi connectivity index (χ3n) is 10.1. The fourth-order valence-corrected chi connectivity index (χ4v) is 8.14. The van der Waals surface area contributed by atoms with Crippen molar-refractivity contribution in [3.8, 4) is 0 Å². The molecule has 8 atom stereocenters. The molecule has 0 aromatic rings. The number of allylic oxidation sites excluding steroid dienone is 13. The van der Waals surface area contributed by atoms with Crippen LogP contribution < -0.4 is 0 Å². The Bertz CT molecular complexity index is 942. The Hall–Kier alpha value is -1.82. The fourth-order valence-electron chi connectivity index (χ4n) is 8.14. The van der Waals surface area contributed by atoms with Crippen molar-refractivity contribution >= 4 is 0 Å². The van der Waals surface area contributed by atoms with E-state index in [0.717, 1.165) is 29.6 Å². The van der Waals surface area contributed by atoms with Gasteiger partial charge in [0.05, 0.1) is 0 Å². The molecule has 5 aliphatic carbocycles. The molecule has 0 aromatic carbocycles. The van der Waals surface area contributed by atoms with Crippen molar-refractivity contribution in [2.45, 2.75) is 67.2 Å². The highest BCUT2D eigenvalue weighted by atomic mass is 14.5. The molecule has 35 heavy (non-hydrogen) atoms. The number of hydrogen-bond acceptors (Lipinski definition) is 0. The van der Waals surface area contributed by atoms with E-state index in [4.69, 9.17) is 0 Å². The van der Waals surface area contributed by atoms with Crippen LogP contribution in [0.4, 0.5) is 0 Å². The molecule has 0 amide bonds. The topological polar surface area (TPSA) is 0 Å². The van der Waals surface area contributed by atoms with Gasteiger partial charge in [-0.05, 0) is 101 Å². The molecule has 0 spiro atoms. The van der Waals surface area contributed by atoms with Crippen molar-refractivity contribution < 1.29 is 0 Å². The summed E-state index contributed by atoms with van der Waals surface area (Å²) in [6, 6.07) is 0. The first-order valence-corrected chi connectivity index (χ1v) is 14.3. The van der Waals surface area contributed by atoms with E-state index >= 15 is 0 Å². The fraction of sp³-hybridized carbons (Fsp3) is 0.600. The second-order valence-electron chi connectivity index (χ2n) is 14.2. The van der Waals surface area contributed by atoms with Gasteiger partial charge in [-0.15, -0.1) is 6.58 Å². The Labute approximate surface area is 215 Å². The van der Waals surface area contributed by atoms with Crippen LogP contribution in [-0.2, 0) is 0 Å². The lowest BCUT2D eigenvalue weighted by Crippen LogP contribution is -2.22. The molecule has 0 aliphatic heterocycles. The minimum atomic E-state index is 0.220. The predicted octanol–water partition coefficient (Wildman–Crippen LogP) is 9.52. The molecule has 0 N–H and O–H groups in total. The van der Waals surface area contributed by atoms with Crippen LogP contribution in [0.15, 0.2) is 84.6 Å². The van der Waals surface area contributed by atoms with Gasteiger partial charge in [0, 0.05) is 0 Å². The summed E-state index contributed by atoms with van der Waals surface area (Å²) in [6.45, 7) is 18.3. The number of rotatable bonds is 5. The highest BCUT2D eigenvalue weighted by Crippen LogP contribution is 2.57. The molecule has 0 nitrogen and oxygen atoms in total. The molecule has 0 saturated heterocycles. The molecule has 0 aromatic heterocycles. The minimum Gasteiger partial charge on any atom is -0.103 e. The van der Waals surface area contributed by atoms with Crippen molar-refractivity contribution in [3.05, 3.63) is 84.6 Å². The van der Waals surface area contributed by atoms with E-state index in [1.807, 2.05) is 0 Å².